The topological polar surface area (TPSA) is 67.4 Å². The number of hydrogen-bond donors (Lipinski definition) is 2. The number of urea groups is 1. The molecule has 0 spiro atoms. The van der Waals surface area contributed by atoms with Crippen LogP contribution in [0.5, 0.6) is 0 Å². The molecular weight excluding hydrogens is 280 g/mol. The molecule has 1 aromatic carbocycles. The van der Waals surface area contributed by atoms with Crippen molar-refractivity contribution >= 4 is 23.6 Å². The summed E-state index contributed by atoms with van der Waals surface area (Å²) in [6, 6.07) is 7.06. The van der Waals surface area contributed by atoms with Crippen LogP contribution in [0.4, 0.5) is 4.79 Å². The van der Waals surface area contributed by atoms with Crippen LogP contribution < -0.4 is 10.6 Å². The van der Waals surface area contributed by atoms with Crippen molar-refractivity contribution in [3.63, 3.8) is 0 Å². The van der Waals surface area contributed by atoms with Crippen LogP contribution in [0.1, 0.15) is 24.8 Å². The molecule has 0 fully saturated rings. The zero-order chi connectivity index (χ0) is 14.8. The molecule has 1 aromatic rings. The van der Waals surface area contributed by atoms with Crippen molar-refractivity contribution in [1.82, 2.24) is 10.6 Å². The maximum absolute atomic E-state index is 11.5. The summed E-state index contributed by atoms with van der Waals surface area (Å²) in [5.41, 5.74) is 0.982. The highest BCUT2D eigenvalue weighted by atomic mass is 35.5. The standard InChI is InChI=1S/C14H19ClN2O3/c1-20-13(18)4-2-3-9-16-14(19)17-10-11-5-7-12(15)8-6-11/h5-8H,2-4,9-10H2,1H3,(H2,16,17,19). The van der Waals surface area contributed by atoms with Crippen LogP contribution in [0, 0.1) is 0 Å². The molecule has 0 unspecified atom stereocenters. The second-order valence-electron chi connectivity index (χ2n) is 4.27. The van der Waals surface area contributed by atoms with E-state index in [1.807, 2.05) is 12.1 Å². The van der Waals surface area contributed by atoms with Crippen LogP contribution in [0.25, 0.3) is 0 Å². The Morgan fingerprint density at radius 1 is 1.15 bits per heavy atom. The van der Waals surface area contributed by atoms with Gasteiger partial charge in [-0.25, -0.2) is 4.79 Å². The minimum atomic E-state index is -0.225. The van der Waals surface area contributed by atoms with E-state index in [-0.39, 0.29) is 12.0 Å². The van der Waals surface area contributed by atoms with E-state index in [9.17, 15) is 9.59 Å². The first-order valence-corrected chi connectivity index (χ1v) is 6.82. The number of ether oxygens (including phenoxy) is 1. The Bertz CT molecular complexity index is 435. The summed E-state index contributed by atoms with van der Waals surface area (Å²) >= 11 is 5.77. The quantitative estimate of drug-likeness (QED) is 0.600. The van der Waals surface area contributed by atoms with Gasteiger partial charge in [0.05, 0.1) is 7.11 Å². The Morgan fingerprint density at radius 2 is 1.85 bits per heavy atom. The predicted molar refractivity (Wildman–Crippen MR) is 77.6 cm³/mol. The van der Waals surface area contributed by atoms with Crippen LogP contribution >= 0.6 is 11.6 Å². The first-order valence-electron chi connectivity index (χ1n) is 6.45. The summed E-state index contributed by atoms with van der Waals surface area (Å²) in [6.45, 7) is 0.981. The van der Waals surface area contributed by atoms with Crippen molar-refractivity contribution in [3.8, 4) is 0 Å². The van der Waals surface area contributed by atoms with E-state index in [0.29, 0.717) is 31.0 Å². The minimum absolute atomic E-state index is 0.224. The molecule has 6 heteroatoms. The van der Waals surface area contributed by atoms with E-state index in [4.69, 9.17) is 11.6 Å². The number of benzene rings is 1. The predicted octanol–water partition coefficient (Wildman–Crippen LogP) is 2.48. The van der Waals surface area contributed by atoms with Gasteiger partial charge < -0.3 is 15.4 Å². The highest BCUT2D eigenvalue weighted by molar-refractivity contribution is 6.30. The van der Waals surface area contributed by atoms with Gasteiger partial charge in [-0.3, -0.25) is 4.79 Å². The van der Waals surface area contributed by atoms with Gasteiger partial charge in [-0.05, 0) is 30.5 Å². The lowest BCUT2D eigenvalue weighted by Gasteiger charge is -2.07. The Morgan fingerprint density at radius 3 is 2.50 bits per heavy atom. The van der Waals surface area contributed by atoms with E-state index < -0.39 is 0 Å². The number of esters is 1. The molecule has 2 N–H and O–H groups in total. The van der Waals surface area contributed by atoms with Gasteiger partial charge in [-0.2, -0.15) is 0 Å². The van der Waals surface area contributed by atoms with Crippen molar-refractivity contribution in [3.05, 3.63) is 34.9 Å². The molecule has 20 heavy (non-hydrogen) atoms. The van der Waals surface area contributed by atoms with Crippen molar-refractivity contribution < 1.29 is 14.3 Å². The van der Waals surface area contributed by atoms with Crippen LogP contribution in [-0.4, -0.2) is 25.7 Å². The Hall–Kier alpha value is -1.75. The van der Waals surface area contributed by atoms with E-state index in [1.54, 1.807) is 12.1 Å². The van der Waals surface area contributed by atoms with Gasteiger partial charge in [0.2, 0.25) is 0 Å². The van der Waals surface area contributed by atoms with Crippen molar-refractivity contribution in [1.29, 1.82) is 0 Å². The van der Waals surface area contributed by atoms with Crippen molar-refractivity contribution in [2.24, 2.45) is 0 Å². The van der Waals surface area contributed by atoms with E-state index in [1.165, 1.54) is 7.11 Å². The number of unbranched alkanes of at least 4 members (excludes halogenated alkanes) is 1. The SMILES string of the molecule is COC(=O)CCCCNC(=O)NCc1ccc(Cl)cc1. The molecule has 110 valence electrons. The third kappa shape index (κ3) is 6.99. The summed E-state index contributed by atoms with van der Waals surface area (Å²) in [7, 11) is 1.37. The average Bonchev–Trinajstić information content (AvgIpc) is 2.46. The molecule has 0 bridgehead atoms. The van der Waals surface area contributed by atoms with Gasteiger partial charge in [-0.15, -0.1) is 0 Å². The van der Waals surface area contributed by atoms with Crippen LogP contribution in [-0.2, 0) is 16.1 Å². The van der Waals surface area contributed by atoms with Crippen LogP contribution in [0.3, 0.4) is 0 Å². The molecule has 0 aromatic heterocycles. The number of halogens is 1. The highest BCUT2D eigenvalue weighted by Crippen LogP contribution is 2.08. The number of carbonyl (C=O) groups is 2. The highest BCUT2D eigenvalue weighted by Gasteiger charge is 2.02. The molecule has 2 amide bonds. The third-order valence-corrected chi connectivity index (χ3v) is 2.94. The van der Waals surface area contributed by atoms with E-state index in [2.05, 4.69) is 15.4 Å². The summed E-state index contributed by atoms with van der Waals surface area (Å²) in [6.07, 6.45) is 1.82. The molecule has 0 heterocycles. The summed E-state index contributed by atoms with van der Waals surface area (Å²) < 4.78 is 4.53. The molecule has 0 atom stereocenters. The van der Waals surface area contributed by atoms with Gasteiger partial charge in [0.25, 0.3) is 0 Å². The fourth-order valence-corrected chi connectivity index (χ4v) is 1.67. The summed E-state index contributed by atoms with van der Waals surface area (Å²) in [5, 5.41) is 6.14. The second kappa shape index (κ2) is 9.20. The zero-order valence-corrected chi connectivity index (χ0v) is 12.2. The number of methoxy groups -OCH3 is 1. The minimum Gasteiger partial charge on any atom is -0.469 e. The average molecular weight is 299 g/mol. The van der Waals surface area contributed by atoms with E-state index in [0.717, 1.165) is 12.0 Å². The van der Waals surface area contributed by atoms with Gasteiger partial charge in [0.15, 0.2) is 0 Å². The van der Waals surface area contributed by atoms with Gasteiger partial charge in [0, 0.05) is 24.5 Å². The first-order chi connectivity index (χ1) is 9.61. The number of hydrogen-bond acceptors (Lipinski definition) is 3. The maximum Gasteiger partial charge on any atom is 0.315 e. The Kier molecular flexibility index (Phi) is 7.50. The first kappa shape index (κ1) is 16.3. The van der Waals surface area contributed by atoms with Crippen molar-refractivity contribution in [2.75, 3.05) is 13.7 Å². The van der Waals surface area contributed by atoms with E-state index >= 15 is 0 Å². The normalized spacial score (nSPS) is 9.90. The Balaban J connectivity index is 2.08. The third-order valence-electron chi connectivity index (χ3n) is 2.69. The fourth-order valence-electron chi connectivity index (χ4n) is 1.55. The monoisotopic (exact) mass is 298 g/mol. The number of amides is 2. The molecule has 5 nitrogen and oxygen atoms in total. The Labute approximate surface area is 123 Å². The lowest BCUT2D eigenvalue weighted by Crippen LogP contribution is -2.35. The largest absolute Gasteiger partial charge is 0.469 e. The number of rotatable bonds is 7. The van der Waals surface area contributed by atoms with Crippen LogP contribution in [0.15, 0.2) is 24.3 Å². The number of carbonyl (C=O) groups excluding carboxylic acids is 2. The van der Waals surface area contributed by atoms with Crippen LogP contribution in [0.2, 0.25) is 5.02 Å². The smallest absolute Gasteiger partial charge is 0.315 e. The maximum atomic E-state index is 11.5. The second-order valence-corrected chi connectivity index (χ2v) is 4.71. The van der Waals surface area contributed by atoms with Crippen molar-refractivity contribution in [2.45, 2.75) is 25.8 Å². The molecule has 0 aliphatic carbocycles. The van der Waals surface area contributed by atoms with Gasteiger partial charge in [0.1, 0.15) is 0 Å². The molecule has 0 radical (unpaired) electrons. The lowest BCUT2D eigenvalue weighted by molar-refractivity contribution is -0.140. The number of nitrogens with one attached hydrogen (secondary N) is 2. The molecular formula is C14H19ClN2O3. The van der Waals surface area contributed by atoms with Gasteiger partial charge >= 0.3 is 12.0 Å². The van der Waals surface area contributed by atoms with Gasteiger partial charge in [-0.1, -0.05) is 23.7 Å². The molecule has 1 rings (SSSR count). The molecule has 0 saturated heterocycles. The molecule has 0 aliphatic rings. The summed E-state index contributed by atoms with van der Waals surface area (Å²) in [4.78, 5) is 22.4. The molecule has 0 saturated carbocycles. The summed E-state index contributed by atoms with van der Waals surface area (Å²) in [5.74, 6) is -0.225. The molecule has 0 aliphatic heterocycles. The lowest BCUT2D eigenvalue weighted by atomic mass is 10.2. The zero-order valence-electron chi connectivity index (χ0n) is 11.4. The fraction of sp³-hybridized carbons (Fsp3) is 0.429.